The van der Waals surface area contributed by atoms with E-state index in [-0.39, 0.29) is 18.0 Å². The predicted octanol–water partition coefficient (Wildman–Crippen LogP) is 4.08. The van der Waals surface area contributed by atoms with E-state index in [9.17, 15) is 14.4 Å². The van der Waals surface area contributed by atoms with Gasteiger partial charge in [-0.2, -0.15) is 5.26 Å². The molecule has 1 atom stereocenters. The molecule has 1 unspecified atom stereocenters. The van der Waals surface area contributed by atoms with Crippen molar-refractivity contribution < 1.29 is 9.18 Å². The molecular formula is C25H27FN8O. The summed E-state index contributed by atoms with van der Waals surface area (Å²) in [4.78, 5) is 25.0. The number of hydrogen-bond donors (Lipinski definition) is 3. The summed E-state index contributed by atoms with van der Waals surface area (Å²) < 4.78 is 13.5. The van der Waals surface area contributed by atoms with Crippen LogP contribution in [0, 0.1) is 23.2 Å². The molecule has 1 aliphatic heterocycles. The smallest absolute Gasteiger partial charge is 0.321 e. The molecule has 0 bridgehead atoms. The fourth-order valence-corrected chi connectivity index (χ4v) is 4.21. The number of amides is 2. The van der Waals surface area contributed by atoms with Crippen molar-refractivity contribution in [3.63, 3.8) is 0 Å². The quantitative estimate of drug-likeness (QED) is 0.299. The number of nitriles is 1. The Morgan fingerprint density at radius 1 is 1.20 bits per heavy atom. The van der Waals surface area contributed by atoms with Crippen LogP contribution in [0.15, 0.2) is 59.6 Å². The number of nitrogen functional groups attached to an aromatic ring is 1. The van der Waals surface area contributed by atoms with Crippen molar-refractivity contribution in [3.05, 3.63) is 60.4 Å². The molecule has 0 saturated carbocycles. The van der Waals surface area contributed by atoms with Gasteiger partial charge in [-0.15, -0.1) is 4.99 Å². The molecule has 1 fully saturated rings. The first-order valence-corrected chi connectivity index (χ1v) is 11.3. The van der Waals surface area contributed by atoms with Gasteiger partial charge < -0.3 is 26.2 Å². The van der Waals surface area contributed by atoms with Gasteiger partial charge in [-0.05, 0) is 48.4 Å². The molecule has 4 rings (SSSR count). The molecule has 2 heterocycles. The number of carbonyl (C=O) groups excluding carboxylic acids is 1. The fourth-order valence-electron chi connectivity index (χ4n) is 4.21. The van der Waals surface area contributed by atoms with Crippen LogP contribution in [0.25, 0.3) is 10.9 Å². The van der Waals surface area contributed by atoms with Crippen LogP contribution in [0.1, 0.15) is 13.8 Å². The first-order chi connectivity index (χ1) is 16.9. The Morgan fingerprint density at radius 2 is 2.00 bits per heavy atom. The second-order valence-electron chi connectivity index (χ2n) is 8.66. The van der Waals surface area contributed by atoms with Crippen LogP contribution in [0.5, 0.6) is 0 Å². The molecular weight excluding hydrogens is 447 g/mol. The fraction of sp³-hybridized carbons (Fsp3) is 0.280. The summed E-state index contributed by atoms with van der Waals surface area (Å²) in [6.45, 7) is 5.39. The summed E-state index contributed by atoms with van der Waals surface area (Å²) >= 11 is 0. The minimum atomic E-state index is -0.414. The number of anilines is 3. The second kappa shape index (κ2) is 10.3. The standard InChI is InChI=1S/C25H27FN8O/c1-16(2)22-14-33(25(35)30-18-6-3-5-17(26)13-18)11-12-34(22)24(29-15-27)32-21-8-4-7-20-19(21)9-10-23(28)31-20/h3-10,13,16,22H,11-12,14H2,1-2H3,(H2,28,31)(H,29,32)(H,30,35). The number of piperazine rings is 1. The average Bonchev–Trinajstić information content (AvgIpc) is 2.83. The summed E-state index contributed by atoms with van der Waals surface area (Å²) in [5.41, 5.74) is 7.70. The molecule has 1 saturated heterocycles. The first-order valence-electron chi connectivity index (χ1n) is 11.3. The lowest BCUT2D eigenvalue weighted by molar-refractivity contribution is 0.120. The number of aromatic nitrogens is 1. The van der Waals surface area contributed by atoms with Crippen molar-refractivity contribution in [1.29, 1.82) is 5.26 Å². The van der Waals surface area contributed by atoms with Gasteiger partial charge in [-0.3, -0.25) is 0 Å². The number of rotatable bonds is 3. The monoisotopic (exact) mass is 474 g/mol. The van der Waals surface area contributed by atoms with Crippen molar-refractivity contribution in [3.8, 4) is 6.19 Å². The van der Waals surface area contributed by atoms with E-state index in [1.807, 2.05) is 35.4 Å². The maximum atomic E-state index is 13.5. The summed E-state index contributed by atoms with van der Waals surface area (Å²) in [5.74, 6) is 0.565. The number of nitrogens with two attached hydrogens (primary N) is 1. The van der Waals surface area contributed by atoms with E-state index in [1.54, 1.807) is 23.1 Å². The molecule has 2 aromatic carbocycles. The lowest BCUT2D eigenvalue weighted by Crippen LogP contribution is -2.60. The summed E-state index contributed by atoms with van der Waals surface area (Å²) in [6.07, 6.45) is 1.89. The van der Waals surface area contributed by atoms with Gasteiger partial charge in [0.25, 0.3) is 0 Å². The molecule has 4 N–H and O–H groups in total. The van der Waals surface area contributed by atoms with Crippen molar-refractivity contribution >= 4 is 40.1 Å². The maximum absolute atomic E-state index is 13.5. The van der Waals surface area contributed by atoms with Gasteiger partial charge in [0.05, 0.1) is 17.2 Å². The van der Waals surface area contributed by atoms with E-state index in [2.05, 4.69) is 34.5 Å². The maximum Gasteiger partial charge on any atom is 0.321 e. The highest BCUT2D eigenvalue weighted by Gasteiger charge is 2.34. The van der Waals surface area contributed by atoms with Crippen molar-refractivity contribution in [2.75, 3.05) is 36.0 Å². The van der Waals surface area contributed by atoms with Gasteiger partial charge in [-0.25, -0.2) is 14.2 Å². The number of hydrogen-bond acceptors (Lipinski definition) is 5. The molecule has 1 aromatic heterocycles. The molecule has 9 nitrogen and oxygen atoms in total. The lowest BCUT2D eigenvalue weighted by atomic mass is 10.00. The van der Waals surface area contributed by atoms with Crippen LogP contribution in [0.3, 0.4) is 0 Å². The Labute approximate surface area is 203 Å². The van der Waals surface area contributed by atoms with Crippen LogP contribution >= 0.6 is 0 Å². The van der Waals surface area contributed by atoms with E-state index in [4.69, 9.17) is 5.73 Å². The number of aliphatic imine (C=N–C) groups is 1. The third kappa shape index (κ3) is 5.41. The Hall–Kier alpha value is -4.39. The Kier molecular flexibility index (Phi) is 6.96. The number of guanidine groups is 1. The molecule has 3 aromatic rings. The molecule has 0 spiro atoms. The van der Waals surface area contributed by atoms with Crippen LogP contribution in [-0.4, -0.2) is 52.5 Å². The van der Waals surface area contributed by atoms with Crippen LogP contribution < -0.4 is 16.4 Å². The molecule has 0 radical (unpaired) electrons. The van der Waals surface area contributed by atoms with Crippen molar-refractivity contribution in [1.82, 2.24) is 14.8 Å². The Balaban J connectivity index is 1.54. The first kappa shape index (κ1) is 23.8. The van der Waals surface area contributed by atoms with Crippen LogP contribution in [-0.2, 0) is 0 Å². The third-order valence-corrected chi connectivity index (χ3v) is 5.98. The van der Waals surface area contributed by atoms with Crippen LogP contribution in [0.4, 0.5) is 26.4 Å². The van der Waals surface area contributed by atoms with E-state index in [1.165, 1.54) is 12.1 Å². The Bertz CT molecular complexity index is 1300. The predicted molar refractivity (Wildman–Crippen MR) is 135 cm³/mol. The highest BCUT2D eigenvalue weighted by molar-refractivity contribution is 6.03. The topological polar surface area (TPSA) is 123 Å². The molecule has 180 valence electrons. The zero-order chi connectivity index (χ0) is 24.9. The molecule has 0 aliphatic carbocycles. The zero-order valence-electron chi connectivity index (χ0n) is 19.6. The van der Waals surface area contributed by atoms with Gasteiger partial charge in [0.1, 0.15) is 11.6 Å². The van der Waals surface area contributed by atoms with Gasteiger partial charge in [0.15, 0.2) is 0 Å². The highest BCUT2D eigenvalue weighted by Crippen LogP contribution is 2.25. The van der Waals surface area contributed by atoms with Crippen molar-refractivity contribution in [2.24, 2.45) is 10.9 Å². The van der Waals surface area contributed by atoms with Gasteiger partial charge in [0, 0.05) is 30.7 Å². The lowest BCUT2D eigenvalue weighted by Gasteiger charge is -2.44. The molecule has 1 aliphatic rings. The number of halogens is 1. The number of fused-ring (bicyclic) bond motifs is 1. The summed E-state index contributed by atoms with van der Waals surface area (Å²) in [5, 5.41) is 16.3. The van der Waals surface area contributed by atoms with E-state index in [0.717, 1.165) is 16.6 Å². The second-order valence-corrected chi connectivity index (χ2v) is 8.66. The summed E-state index contributed by atoms with van der Waals surface area (Å²) in [6, 6.07) is 14.6. The minimum absolute atomic E-state index is 0.106. The van der Waals surface area contributed by atoms with E-state index < -0.39 is 5.82 Å². The minimum Gasteiger partial charge on any atom is -0.384 e. The molecule has 2 amide bonds. The van der Waals surface area contributed by atoms with E-state index >= 15 is 0 Å². The largest absolute Gasteiger partial charge is 0.384 e. The number of urea groups is 1. The number of nitrogens with one attached hydrogen (secondary N) is 2. The summed E-state index contributed by atoms with van der Waals surface area (Å²) in [7, 11) is 0. The number of pyridine rings is 1. The Morgan fingerprint density at radius 3 is 2.74 bits per heavy atom. The van der Waals surface area contributed by atoms with Crippen molar-refractivity contribution in [2.45, 2.75) is 19.9 Å². The average molecular weight is 475 g/mol. The van der Waals surface area contributed by atoms with Gasteiger partial charge in [-0.1, -0.05) is 26.0 Å². The number of carbonyl (C=O) groups is 1. The normalized spacial score (nSPS) is 16.3. The highest BCUT2D eigenvalue weighted by atomic mass is 19.1. The van der Waals surface area contributed by atoms with Gasteiger partial charge >= 0.3 is 6.03 Å². The number of nitrogens with zero attached hydrogens (tertiary/aromatic N) is 5. The number of benzene rings is 2. The van der Waals surface area contributed by atoms with Gasteiger partial charge in [0.2, 0.25) is 12.2 Å². The third-order valence-electron chi connectivity index (χ3n) is 5.98. The van der Waals surface area contributed by atoms with Crippen LogP contribution in [0.2, 0.25) is 0 Å². The van der Waals surface area contributed by atoms with E-state index in [0.29, 0.717) is 37.1 Å². The molecule has 35 heavy (non-hydrogen) atoms. The SMILES string of the molecule is CC(C)C1CN(C(=O)Nc2cccc(F)c2)CCN1/C(=N\C#N)Nc1cccc2nc(N)ccc12. The zero-order valence-corrected chi connectivity index (χ0v) is 19.6. The molecule has 10 heteroatoms.